The summed E-state index contributed by atoms with van der Waals surface area (Å²) in [6.45, 7) is 1.35. The van der Waals surface area contributed by atoms with Crippen molar-refractivity contribution in [3.05, 3.63) is 0 Å². The molecule has 0 spiro atoms. The molecule has 0 unspecified atom stereocenters. The van der Waals surface area contributed by atoms with E-state index in [9.17, 15) is 35.4 Å². The minimum atomic E-state index is -1.95. The molecular formula is C16H24NNaO11. The number of aliphatic carboxylic acids is 1. The standard InChI is InChI=1S/C16H25NO11.Na/c1-2-3-6-17-7-12(8(19)5(4-18)25-15(7)26-6)27-16-11(22)9(20)10(21)13(28-16)14(23)24;/h5,7-13,15-16,18-22H,2-4H2,1H3,(H,23,24);/q;+1/p-1/t5-,7+,8-,9+,10+,11-,12-,13+,15+,16-;/m1./s1. The molecule has 3 aliphatic heterocycles. The van der Waals surface area contributed by atoms with E-state index in [4.69, 9.17) is 18.9 Å². The molecule has 2 saturated heterocycles. The number of aliphatic hydroxyl groups excluding tert-OH is 5. The van der Waals surface area contributed by atoms with Gasteiger partial charge in [-0.05, 0) is 6.42 Å². The Kier molecular flexibility index (Phi) is 8.83. The first-order valence-corrected chi connectivity index (χ1v) is 9.02. The SMILES string of the molecule is CCCC1=N[C@@H]2[C@H](O1)O[C@H](CO)[C@@H](O)[C@@H]2O[C@@H]1O[C@H](C(=O)[O-])[C@@H](O)[C@H](O)[C@H]1O.[Na+]. The molecule has 0 amide bonds. The molecule has 160 valence electrons. The summed E-state index contributed by atoms with van der Waals surface area (Å²) >= 11 is 0. The summed E-state index contributed by atoms with van der Waals surface area (Å²) in [6.07, 6.45) is -12.7. The monoisotopic (exact) mass is 429 g/mol. The van der Waals surface area contributed by atoms with Crippen molar-refractivity contribution in [2.24, 2.45) is 4.99 Å². The van der Waals surface area contributed by atoms with Crippen LogP contribution in [0.3, 0.4) is 0 Å². The van der Waals surface area contributed by atoms with E-state index in [0.717, 1.165) is 6.42 Å². The van der Waals surface area contributed by atoms with Crippen molar-refractivity contribution in [2.75, 3.05) is 6.61 Å². The van der Waals surface area contributed by atoms with Gasteiger partial charge < -0.3 is 54.4 Å². The smallest absolute Gasteiger partial charge is 0.547 e. The van der Waals surface area contributed by atoms with Crippen LogP contribution in [0.1, 0.15) is 19.8 Å². The zero-order valence-electron chi connectivity index (χ0n) is 16.0. The Labute approximate surface area is 188 Å². The Morgan fingerprint density at radius 3 is 2.41 bits per heavy atom. The number of aliphatic imine (C=N–C) groups is 1. The molecule has 0 aliphatic carbocycles. The van der Waals surface area contributed by atoms with Crippen LogP contribution in [0.4, 0.5) is 0 Å². The molecule has 0 radical (unpaired) electrons. The maximum absolute atomic E-state index is 11.1. The van der Waals surface area contributed by atoms with E-state index in [1.165, 1.54) is 0 Å². The normalized spacial score (nSPS) is 44.3. The number of carboxylic acids is 1. The number of aliphatic hydroxyl groups is 5. The van der Waals surface area contributed by atoms with E-state index in [1.54, 1.807) is 0 Å². The fourth-order valence-corrected chi connectivity index (χ4v) is 3.42. The molecule has 12 nitrogen and oxygen atoms in total. The second-order valence-corrected chi connectivity index (χ2v) is 6.91. The molecule has 3 aliphatic rings. The first-order chi connectivity index (χ1) is 13.3. The van der Waals surface area contributed by atoms with Gasteiger partial charge in [0.2, 0.25) is 6.29 Å². The summed E-state index contributed by atoms with van der Waals surface area (Å²) in [5.74, 6) is -1.44. The molecular weight excluding hydrogens is 405 g/mol. The van der Waals surface area contributed by atoms with Crippen LogP contribution in [-0.4, -0.2) is 105 Å². The van der Waals surface area contributed by atoms with E-state index in [0.29, 0.717) is 12.3 Å². The summed E-state index contributed by atoms with van der Waals surface area (Å²) in [7, 11) is 0. The van der Waals surface area contributed by atoms with Crippen molar-refractivity contribution in [3.63, 3.8) is 0 Å². The summed E-state index contributed by atoms with van der Waals surface area (Å²) in [4.78, 5) is 15.4. The molecule has 10 atom stereocenters. The minimum Gasteiger partial charge on any atom is -0.547 e. The molecule has 29 heavy (non-hydrogen) atoms. The molecule has 3 rings (SSSR count). The van der Waals surface area contributed by atoms with Gasteiger partial charge in [-0.15, -0.1) is 0 Å². The van der Waals surface area contributed by atoms with E-state index >= 15 is 0 Å². The number of ether oxygens (including phenoxy) is 4. The van der Waals surface area contributed by atoms with E-state index in [-0.39, 0.29) is 29.6 Å². The molecule has 0 aromatic heterocycles. The molecule has 0 aromatic carbocycles. The van der Waals surface area contributed by atoms with Gasteiger partial charge in [-0.3, -0.25) is 0 Å². The zero-order valence-corrected chi connectivity index (χ0v) is 18.0. The maximum atomic E-state index is 11.1. The van der Waals surface area contributed by atoms with Gasteiger partial charge >= 0.3 is 29.6 Å². The second kappa shape index (κ2) is 10.3. The van der Waals surface area contributed by atoms with Crippen molar-refractivity contribution in [2.45, 2.75) is 81.1 Å². The van der Waals surface area contributed by atoms with Crippen molar-refractivity contribution in [1.82, 2.24) is 0 Å². The van der Waals surface area contributed by atoms with Gasteiger partial charge in [-0.1, -0.05) is 6.92 Å². The van der Waals surface area contributed by atoms with Crippen LogP contribution in [0, 0.1) is 0 Å². The first kappa shape index (κ1) is 24.9. The van der Waals surface area contributed by atoms with Crippen LogP contribution in [0.15, 0.2) is 4.99 Å². The van der Waals surface area contributed by atoms with Gasteiger partial charge in [0.25, 0.3) is 0 Å². The van der Waals surface area contributed by atoms with Crippen molar-refractivity contribution in [3.8, 4) is 0 Å². The van der Waals surface area contributed by atoms with Gasteiger partial charge in [0.05, 0.1) is 12.6 Å². The van der Waals surface area contributed by atoms with Gasteiger partial charge in [-0.25, -0.2) is 4.99 Å². The third kappa shape index (κ3) is 4.93. The summed E-state index contributed by atoms with van der Waals surface area (Å²) in [6, 6.07) is -0.874. The Bertz CT molecular complexity index is 607. The topological polar surface area (TPSA) is 191 Å². The number of hydrogen-bond acceptors (Lipinski definition) is 12. The average Bonchev–Trinajstić information content (AvgIpc) is 3.06. The zero-order chi connectivity index (χ0) is 20.6. The molecule has 5 N–H and O–H groups in total. The van der Waals surface area contributed by atoms with Crippen molar-refractivity contribution < 1.29 is 83.9 Å². The number of carboxylic acid groups (broad SMARTS) is 1. The molecule has 0 saturated carbocycles. The summed E-state index contributed by atoms with van der Waals surface area (Å²) in [5, 5.41) is 60.8. The van der Waals surface area contributed by atoms with Crippen LogP contribution >= 0.6 is 0 Å². The molecule has 0 aromatic rings. The largest absolute Gasteiger partial charge is 1.00 e. The minimum absolute atomic E-state index is 0. The number of carbonyl (C=O) groups excluding carboxylic acids is 1. The van der Waals surface area contributed by atoms with Gasteiger partial charge in [-0.2, -0.15) is 0 Å². The molecule has 0 bridgehead atoms. The Hall–Kier alpha value is -0.380. The van der Waals surface area contributed by atoms with Crippen LogP contribution in [0.5, 0.6) is 0 Å². The van der Waals surface area contributed by atoms with Crippen LogP contribution in [-0.2, 0) is 23.7 Å². The third-order valence-electron chi connectivity index (χ3n) is 4.92. The summed E-state index contributed by atoms with van der Waals surface area (Å²) < 4.78 is 21.6. The second-order valence-electron chi connectivity index (χ2n) is 6.91. The predicted octanol–water partition coefficient (Wildman–Crippen LogP) is -7.39. The Balaban J connectivity index is 0.00000300. The van der Waals surface area contributed by atoms with Crippen LogP contribution < -0.4 is 34.7 Å². The quantitative estimate of drug-likeness (QED) is 0.252. The number of hydrogen-bond donors (Lipinski definition) is 5. The summed E-state index contributed by atoms with van der Waals surface area (Å²) in [5.41, 5.74) is 0. The first-order valence-electron chi connectivity index (χ1n) is 9.02. The van der Waals surface area contributed by atoms with E-state index in [1.807, 2.05) is 6.92 Å². The van der Waals surface area contributed by atoms with Crippen molar-refractivity contribution >= 4 is 11.9 Å². The molecule has 13 heteroatoms. The van der Waals surface area contributed by atoms with Crippen LogP contribution in [0.25, 0.3) is 0 Å². The number of rotatable bonds is 6. The van der Waals surface area contributed by atoms with Crippen LogP contribution in [0.2, 0.25) is 0 Å². The number of carbonyl (C=O) groups is 1. The Morgan fingerprint density at radius 1 is 1.14 bits per heavy atom. The number of fused-ring (bicyclic) bond motifs is 1. The molecule has 2 fully saturated rings. The third-order valence-corrected chi connectivity index (χ3v) is 4.92. The maximum Gasteiger partial charge on any atom is 1.00 e. The fraction of sp³-hybridized carbons (Fsp3) is 0.875. The Morgan fingerprint density at radius 2 is 1.83 bits per heavy atom. The van der Waals surface area contributed by atoms with Gasteiger partial charge in [0, 0.05) is 6.42 Å². The molecule has 3 heterocycles. The predicted molar refractivity (Wildman–Crippen MR) is 85.5 cm³/mol. The van der Waals surface area contributed by atoms with E-state index < -0.39 is 73.9 Å². The van der Waals surface area contributed by atoms with Gasteiger partial charge in [0.1, 0.15) is 48.8 Å². The number of nitrogens with zero attached hydrogens (tertiary/aromatic N) is 1. The van der Waals surface area contributed by atoms with Gasteiger partial charge in [0.15, 0.2) is 12.2 Å². The van der Waals surface area contributed by atoms with E-state index in [2.05, 4.69) is 4.99 Å². The average molecular weight is 429 g/mol. The van der Waals surface area contributed by atoms with Crippen molar-refractivity contribution in [1.29, 1.82) is 0 Å². The fourth-order valence-electron chi connectivity index (χ4n) is 3.42.